The van der Waals surface area contributed by atoms with Gasteiger partial charge in [-0.3, -0.25) is 4.79 Å². The fraction of sp³-hybridized carbons (Fsp3) is 0.389. The van der Waals surface area contributed by atoms with Gasteiger partial charge in [0.1, 0.15) is 0 Å². The summed E-state index contributed by atoms with van der Waals surface area (Å²) in [6.07, 6.45) is 1.33. The van der Waals surface area contributed by atoms with Crippen LogP contribution in [-0.2, 0) is 11.2 Å². The molecule has 1 fully saturated rings. The van der Waals surface area contributed by atoms with E-state index in [1.807, 2.05) is 24.3 Å². The van der Waals surface area contributed by atoms with Crippen LogP contribution < -0.4 is 10.2 Å². The molecule has 0 atom stereocenters. The zero-order chi connectivity index (χ0) is 16.1. The summed E-state index contributed by atoms with van der Waals surface area (Å²) in [6, 6.07) is 12.2. The van der Waals surface area contributed by atoms with Crippen LogP contribution in [0.25, 0.3) is 0 Å². The molecule has 2 aromatic rings. The van der Waals surface area contributed by atoms with Gasteiger partial charge in [0.15, 0.2) is 0 Å². The van der Waals surface area contributed by atoms with E-state index < -0.39 is 0 Å². The zero-order valence-corrected chi connectivity index (χ0v) is 14.3. The number of carbonyl (C=O) groups excluding carboxylic acids is 1. The van der Waals surface area contributed by atoms with Crippen molar-refractivity contribution in [2.45, 2.75) is 12.8 Å². The number of piperazine rings is 1. The molecule has 4 nitrogen and oxygen atoms in total. The third kappa shape index (κ3) is 4.33. The van der Waals surface area contributed by atoms with E-state index in [0.717, 1.165) is 44.0 Å². The van der Waals surface area contributed by atoms with Gasteiger partial charge in [-0.1, -0.05) is 18.2 Å². The lowest BCUT2D eigenvalue weighted by Crippen LogP contribution is -2.44. The Morgan fingerprint density at radius 1 is 1.13 bits per heavy atom. The highest BCUT2D eigenvalue weighted by molar-refractivity contribution is 7.09. The molecule has 0 saturated carbocycles. The summed E-state index contributed by atoms with van der Waals surface area (Å²) in [4.78, 5) is 18.2. The van der Waals surface area contributed by atoms with Crippen LogP contribution in [0.4, 0.5) is 11.4 Å². The molecule has 23 heavy (non-hydrogen) atoms. The molecular weight excluding hydrogens is 306 g/mol. The number of aryl methyl sites for hydroxylation is 1. The van der Waals surface area contributed by atoms with Crippen molar-refractivity contribution < 1.29 is 4.79 Å². The minimum atomic E-state index is 0.0833. The van der Waals surface area contributed by atoms with Gasteiger partial charge in [0.05, 0.1) is 11.4 Å². The first-order chi connectivity index (χ1) is 11.2. The number of benzene rings is 1. The molecule has 1 aliphatic rings. The summed E-state index contributed by atoms with van der Waals surface area (Å²) >= 11 is 1.70. The Morgan fingerprint density at radius 2 is 1.91 bits per heavy atom. The van der Waals surface area contributed by atoms with Crippen LogP contribution in [0.15, 0.2) is 41.8 Å². The molecule has 0 radical (unpaired) electrons. The Kier molecular flexibility index (Phi) is 5.31. The molecule has 1 aromatic heterocycles. The maximum Gasteiger partial charge on any atom is 0.224 e. The van der Waals surface area contributed by atoms with Crippen molar-refractivity contribution in [3.8, 4) is 0 Å². The smallest absolute Gasteiger partial charge is 0.224 e. The van der Waals surface area contributed by atoms with Gasteiger partial charge in [-0.05, 0) is 37.0 Å². The molecule has 3 rings (SSSR count). The lowest BCUT2D eigenvalue weighted by Gasteiger charge is -2.35. The minimum Gasteiger partial charge on any atom is -0.367 e. The van der Waals surface area contributed by atoms with Crippen molar-refractivity contribution in [2.75, 3.05) is 43.4 Å². The molecule has 122 valence electrons. The third-order valence-corrected chi connectivity index (χ3v) is 5.14. The van der Waals surface area contributed by atoms with Crippen molar-refractivity contribution in [1.29, 1.82) is 0 Å². The second kappa shape index (κ2) is 7.62. The van der Waals surface area contributed by atoms with Crippen molar-refractivity contribution >= 4 is 28.6 Å². The lowest BCUT2D eigenvalue weighted by molar-refractivity contribution is -0.116. The molecule has 1 saturated heterocycles. The number of para-hydroxylation sites is 2. The second-order valence-corrected chi connectivity index (χ2v) is 6.97. The quantitative estimate of drug-likeness (QED) is 0.916. The number of rotatable bonds is 5. The predicted molar refractivity (Wildman–Crippen MR) is 97.4 cm³/mol. The van der Waals surface area contributed by atoms with Crippen LogP contribution in [0.3, 0.4) is 0 Å². The number of nitrogens with zero attached hydrogens (tertiary/aromatic N) is 2. The Bertz CT molecular complexity index is 633. The van der Waals surface area contributed by atoms with Gasteiger partial charge in [-0.15, -0.1) is 11.3 Å². The van der Waals surface area contributed by atoms with Gasteiger partial charge in [-0.25, -0.2) is 0 Å². The van der Waals surface area contributed by atoms with E-state index in [2.05, 4.69) is 39.7 Å². The Morgan fingerprint density at radius 3 is 2.65 bits per heavy atom. The fourth-order valence-electron chi connectivity index (χ4n) is 2.81. The summed E-state index contributed by atoms with van der Waals surface area (Å²) in [7, 11) is 2.15. The van der Waals surface area contributed by atoms with Crippen molar-refractivity contribution in [3.05, 3.63) is 46.7 Å². The number of amides is 1. The standard InChI is InChI=1S/C18H23N3OS/c1-20-10-12-21(13-11-20)17-7-3-2-6-16(17)19-18(22)9-8-15-5-4-14-23-15/h2-7,14H,8-13H2,1H3,(H,19,22). The van der Waals surface area contributed by atoms with Crippen LogP contribution in [0.1, 0.15) is 11.3 Å². The first-order valence-corrected chi connectivity index (χ1v) is 8.95. The molecule has 0 unspecified atom stereocenters. The topological polar surface area (TPSA) is 35.6 Å². The Balaban J connectivity index is 1.62. The number of hydrogen-bond acceptors (Lipinski definition) is 4. The SMILES string of the molecule is CN1CCN(c2ccccc2NC(=O)CCc2cccs2)CC1. The molecule has 1 aromatic carbocycles. The van der Waals surface area contributed by atoms with Gasteiger partial charge < -0.3 is 15.1 Å². The van der Waals surface area contributed by atoms with E-state index in [-0.39, 0.29) is 5.91 Å². The summed E-state index contributed by atoms with van der Waals surface area (Å²) in [5.74, 6) is 0.0833. The monoisotopic (exact) mass is 329 g/mol. The van der Waals surface area contributed by atoms with Crippen LogP contribution in [0, 0.1) is 0 Å². The van der Waals surface area contributed by atoms with Crippen LogP contribution >= 0.6 is 11.3 Å². The van der Waals surface area contributed by atoms with E-state index in [1.54, 1.807) is 11.3 Å². The number of likely N-dealkylation sites (N-methyl/N-ethyl adjacent to an activating group) is 1. The molecule has 0 bridgehead atoms. The average molecular weight is 329 g/mol. The van der Waals surface area contributed by atoms with Crippen molar-refractivity contribution in [2.24, 2.45) is 0 Å². The van der Waals surface area contributed by atoms with E-state index in [0.29, 0.717) is 6.42 Å². The van der Waals surface area contributed by atoms with Crippen LogP contribution in [-0.4, -0.2) is 44.0 Å². The van der Waals surface area contributed by atoms with Crippen LogP contribution in [0.2, 0.25) is 0 Å². The van der Waals surface area contributed by atoms with Crippen LogP contribution in [0.5, 0.6) is 0 Å². The maximum absolute atomic E-state index is 12.3. The van der Waals surface area contributed by atoms with Crippen molar-refractivity contribution in [3.63, 3.8) is 0 Å². The fourth-order valence-corrected chi connectivity index (χ4v) is 3.52. The minimum absolute atomic E-state index is 0.0833. The molecule has 1 amide bonds. The zero-order valence-electron chi connectivity index (χ0n) is 13.5. The number of hydrogen-bond donors (Lipinski definition) is 1. The van der Waals surface area contributed by atoms with Gasteiger partial charge in [-0.2, -0.15) is 0 Å². The highest BCUT2D eigenvalue weighted by Crippen LogP contribution is 2.26. The van der Waals surface area contributed by atoms with Gasteiger partial charge >= 0.3 is 0 Å². The second-order valence-electron chi connectivity index (χ2n) is 5.94. The van der Waals surface area contributed by atoms with E-state index in [4.69, 9.17) is 0 Å². The van der Waals surface area contributed by atoms with Gasteiger partial charge in [0.25, 0.3) is 0 Å². The molecular formula is C18H23N3OS. The summed E-state index contributed by atoms with van der Waals surface area (Å²) in [5.41, 5.74) is 2.05. The number of anilines is 2. The molecule has 1 aliphatic heterocycles. The third-order valence-electron chi connectivity index (χ3n) is 4.20. The Labute approximate surface area is 141 Å². The highest BCUT2D eigenvalue weighted by atomic mass is 32.1. The van der Waals surface area contributed by atoms with E-state index in [9.17, 15) is 4.79 Å². The Hall–Kier alpha value is -1.85. The molecule has 2 heterocycles. The molecule has 0 spiro atoms. The average Bonchev–Trinajstić information content (AvgIpc) is 3.08. The number of thiophene rings is 1. The molecule has 5 heteroatoms. The molecule has 1 N–H and O–H groups in total. The highest BCUT2D eigenvalue weighted by Gasteiger charge is 2.17. The maximum atomic E-state index is 12.3. The normalized spacial score (nSPS) is 15.6. The first kappa shape index (κ1) is 16.0. The van der Waals surface area contributed by atoms with E-state index >= 15 is 0 Å². The number of carbonyl (C=O) groups is 1. The van der Waals surface area contributed by atoms with Crippen molar-refractivity contribution in [1.82, 2.24) is 4.90 Å². The van der Waals surface area contributed by atoms with Gasteiger partial charge in [0.2, 0.25) is 5.91 Å². The predicted octanol–water partition coefficient (Wildman–Crippen LogP) is 3.07. The number of nitrogens with one attached hydrogen (secondary N) is 1. The first-order valence-electron chi connectivity index (χ1n) is 8.07. The summed E-state index contributed by atoms with van der Waals surface area (Å²) < 4.78 is 0. The van der Waals surface area contributed by atoms with Gasteiger partial charge in [0, 0.05) is 37.5 Å². The summed E-state index contributed by atoms with van der Waals surface area (Å²) in [5, 5.41) is 5.14. The van der Waals surface area contributed by atoms with E-state index in [1.165, 1.54) is 4.88 Å². The lowest BCUT2D eigenvalue weighted by atomic mass is 10.2. The largest absolute Gasteiger partial charge is 0.367 e. The summed E-state index contributed by atoms with van der Waals surface area (Å²) in [6.45, 7) is 4.11. The molecule has 0 aliphatic carbocycles.